The van der Waals surface area contributed by atoms with E-state index < -0.39 is 0 Å². The number of fused-ring (bicyclic) bond motifs is 2. The normalized spacial score (nSPS) is 50.2. The van der Waals surface area contributed by atoms with Gasteiger partial charge in [-0.05, 0) is 56.3 Å². The third-order valence-corrected chi connectivity index (χ3v) is 5.47. The van der Waals surface area contributed by atoms with Crippen LogP contribution in [0.1, 0.15) is 52.9 Å². The molecule has 1 aliphatic heterocycles. The largest absolute Gasteiger partial charge is 0.366 e. The maximum absolute atomic E-state index is 5.86. The molecule has 3 fully saturated rings. The van der Waals surface area contributed by atoms with Gasteiger partial charge in [0, 0.05) is 0 Å². The first-order valence-electron chi connectivity index (χ1n) is 6.78. The van der Waals surface area contributed by atoms with Crippen LogP contribution in [-0.4, -0.2) is 11.7 Å². The van der Waals surface area contributed by atoms with Crippen molar-refractivity contribution in [3.05, 3.63) is 12.2 Å². The molecule has 1 nitrogen and oxygen atoms in total. The summed E-state index contributed by atoms with van der Waals surface area (Å²) in [6.07, 6.45) is 6.89. The lowest BCUT2D eigenvalue weighted by Gasteiger charge is -2.53. The monoisotopic (exact) mass is 220 g/mol. The van der Waals surface area contributed by atoms with Crippen molar-refractivity contribution < 1.29 is 4.74 Å². The van der Waals surface area contributed by atoms with Gasteiger partial charge >= 0.3 is 0 Å². The SMILES string of the molecule is C=C1CC[C@H]2OC2(C)CC[C@@H]2[C@@H]1CC2(C)C. The molecule has 2 saturated carbocycles. The summed E-state index contributed by atoms with van der Waals surface area (Å²) in [7, 11) is 0. The van der Waals surface area contributed by atoms with Crippen LogP contribution in [0.4, 0.5) is 0 Å². The van der Waals surface area contributed by atoms with Crippen molar-refractivity contribution in [2.24, 2.45) is 17.3 Å². The first kappa shape index (κ1) is 10.8. The van der Waals surface area contributed by atoms with Crippen LogP contribution in [0.25, 0.3) is 0 Å². The number of epoxide rings is 1. The Kier molecular flexibility index (Phi) is 2.12. The Bertz CT molecular complexity index is 330. The molecule has 0 amide bonds. The van der Waals surface area contributed by atoms with Crippen molar-refractivity contribution in [2.45, 2.75) is 64.6 Å². The highest BCUT2D eigenvalue weighted by atomic mass is 16.6. The van der Waals surface area contributed by atoms with Crippen molar-refractivity contribution >= 4 is 0 Å². The zero-order valence-corrected chi connectivity index (χ0v) is 10.9. The molecule has 0 bridgehead atoms. The van der Waals surface area contributed by atoms with Gasteiger partial charge in [-0.25, -0.2) is 0 Å². The number of ether oxygens (including phenoxy) is 1. The Morgan fingerprint density at radius 3 is 2.69 bits per heavy atom. The third-order valence-electron chi connectivity index (χ3n) is 5.47. The smallest absolute Gasteiger partial charge is 0.0920 e. The molecule has 16 heavy (non-hydrogen) atoms. The van der Waals surface area contributed by atoms with Gasteiger partial charge in [-0.2, -0.15) is 0 Å². The van der Waals surface area contributed by atoms with Crippen molar-refractivity contribution in [3.63, 3.8) is 0 Å². The Hall–Kier alpha value is -0.300. The maximum Gasteiger partial charge on any atom is 0.0920 e. The molecule has 1 unspecified atom stereocenters. The minimum absolute atomic E-state index is 0.223. The molecule has 0 aromatic rings. The fourth-order valence-corrected chi connectivity index (χ4v) is 4.08. The second-order valence-electron chi connectivity index (χ2n) is 7.06. The summed E-state index contributed by atoms with van der Waals surface area (Å²) >= 11 is 0. The molecule has 0 N–H and O–H groups in total. The van der Waals surface area contributed by atoms with E-state index in [2.05, 4.69) is 27.4 Å². The predicted molar refractivity (Wildman–Crippen MR) is 66.3 cm³/mol. The molecular formula is C15H24O. The maximum atomic E-state index is 5.86. The summed E-state index contributed by atoms with van der Waals surface area (Å²) in [4.78, 5) is 0. The lowest BCUT2D eigenvalue weighted by molar-refractivity contribution is -0.00211. The highest BCUT2D eigenvalue weighted by Crippen LogP contribution is 2.59. The minimum atomic E-state index is 0.223. The van der Waals surface area contributed by atoms with Gasteiger partial charge in [0.05, 0.1) is 11.7 Å². The van der Waals surface area contributed by atoms with E-state index in [0.717, 1.165) is 11.8 Å². The molecule has 1 saturated heterocycles. The molecule has 0 aromatic heterocycles. The van der Waals surface area contributed by atoms with Crippen molar-refractivity contribution in [1.82, 2.24) is 0 Å². The lowest BCUT2D eigenvalue weighted by Crippen LogP contribution is -2.44. The first-order valence-corrected chi connectivity index (χ1v) is 6.78. The third kappa shape index (κ3) is 1.48. The number of hydrogen-bond acceptors (Lipinski definition) is 1. The van der Waals surface area contributed by atoms with Crippen LogP contribution in [0.3, 0.4) is 0 Å². The van der Waals surface area contributed by atoms with Gasteiger partial charge in [-0.3, -0.25) is 0 Å². The van der Waals surface area contributed by atoms with E-state index in [0.29, 0.717) is 11.5 Å². The molecule has 1 heterocycles. The molecule has 4 atom stereocenters. The standard InChI is InChI=1S/C15H24O/c1-10-5-6-13-15(4,16-13)8-7-12-11(10)9-14(12,2)3/h11-13H,1,5-9H2,2-4H3/t11-,12-,13-,15?/m1/s1. The average Bonchev–Trinajstić information content (AvgIpc) is 2.82. The number of hydrogen-bond donors (Lipinski definition) is 0. The summed E-state index contributed by atoms with van der Waals surface area (Å²) in [5.41, 5.74) is 2.27. The molecule has 0 radical (unpaired) electrons. The highest BCUT2D eigenvalue weighted by Gasteiger charge is 2.55. The Labute approximate surface area is 99.3 Å². The van der Waals surface area contributed by atoms with E-state index in [1.54, 1.807) is 0 Å². The topological polar surface area (TPSA) is 12.5 Å². The summed E-state index contributed by atoms with van der Waals surface area (Å²) in [6.45, 7) is 11.5. The number of rotatable bonds is 0. The van der Waals surface area contributed by atoms with Crippen LogP contribution in [0, 0.1) is 17.3 Å². The molecule has 3 rings (SSSR count). The number of allylic oxidation sites excluding steroid dienone is 1. The van der Waals surface area contributed by atoms with E-state index in [1.807, 2.05) is 0 Å². The van der Waals surface area contributed by atoms with Crippen LogP contribution in [0.5, 0.6) is 0 Å². The minimum Gasteiger partial charge on any atom is -0.366 e. The Morgan fingerprint density at radius 2 is 2.00 bits per heavy atom. The van der Waals surface area contributed by atoms with E-state index in [9.17, 15) is 0 Å². The van der Waals surface area contributed by atoms with Crippen LogP contribution >= 0.6 is 0 Å². The van der Waals surface area contributed by atoms with Gasteiger partial charge in [0.25, 0.3) is 0 Å². The van der Waals surface area contributed by atoms with E-state index in [1.165, 1.54) is 37.7 Å². The average molecular weight is 220 g/mol. The summed E-state index contributed by atoms with van der Waals surface area (Å²) in [6, 6.07) is 0. The van der Waals surface area contributed by atoms with Crippen LogP contribution < -0.4 is 0 Å². The van der Waals surface area contributed by atoms with E-state index in [4.69, 9.17) is 4.74 Å². The molecule has 2 aliphatic carbocycles. The van der Waals surface area contributed by atoms with Crippen molar-refractivity contribution in [3.8, 4) is 0 Å². The van der Waals surface area contributed by atoms with Gasteiger partial charge in [0.15, 0.2) is 0 Å². The van der Waals surface area contributed by atoms with E-state index >= 15 is 0 Å². The van der Waals surface area contributed by atoms with Crippen LogP contribution in [0.2, 0.25) is 0 Å². The molecule has 3 aliphatic rings. The zero-order chi connectivity index (χ0) is 11.6. The molecule has 0 aromatic carbocycles. The summed E-state index contributed by atoms with van der Waals surface area (Å²) in [5, 5.41) is 0. The molecule has 90 valence electrons. The predicted octanol–water partition coefficient (Wildman–Crippen LogP) is 3.94. The van der Waals surface area contributed by atoms with Gasteiger partial charge in [0.2, 0.25) is 0 Å². The van der Waals surface area contributed by atoms with Gasteiger partial charge in [-0.1, -0.05) is 26.0 Å². The Balaban J connectivity index is 1.78. The second kappa shape index (κ2) is 3.13. The first-order chi connectivity index (χ1) is 7.42. The highest BCUT2D eigenvalue weighted by molar-refractivity contribution is 5.16. The summed E-state index contributed by atoms with van der Waals surface area (Å²) in [5.74, 6) is 1.68. The van der Waals surface area contributed by atoms with Gasteiger partial charge in [-0.15, -0.1) is 0 Å². The zero-order valence-electron chi connectivity index (χ0n) is 10.9. The van der Waals surface area contributed by atoms with Crippen molar-refractivity contribution in [1.29, 1.82) is 0 Å². The fourth-order valence-electron chi connectivity index (χ4n) is 4.08. The summed E-state index contributed by atoms with van der Waals surface area (Å²) < 4.78 is 5.86. The Morgan fingerprint density at radius 1 is 1.25 bits per heavy atom. The van der Waals surface area contributed by atoms with Crippen molar-refractivity contribution in [2.75, 3.05) is 0 Å². The lowest BCUT2D eigenvalue weighted by atomic mass is 9.52. The second-order valence-corrected chi connectivity index (χ2v) is 7.06. The molecule has 1 heteroatoms. The van der Waals surface area contributed by atoms with Crippen LogP contribution in [0.15, 0.2) is 12.2 Å². The van der Waals surface area contributed by atoms with Gasteiger partial charge < -0.3 is 4.74 Å². The van der Waals surface area contributed by atoms with Crippen LogP contribution in [-0.2, 0) is 4.74 Å². The molecular weight excluding hydrogens is 196 g/mol. The van der Waals surface area contributed by atoms with Gasteiger partial charge in [0.1, 0.15) is 0 Å². The molecule has 0 spiro atoms. The van der Waals surface area contributed by atoms with E-state index in [-0.39, 0.29) is 5.60 Å². The quantitative estimate of drug-likeness (QED) is 0.445. The fraction of sp³-hybridized carbons (Fsp3) is 0.867.